The van der Waals surface area contributed by atoms with E-state index in [9.17, 15) is 26.4 Å². The van der Waals surface area contributed by atoms with Gasteiger partial charge in [0.2, 0.25) is 10.0 Å². The fraction of sp³-hybridized carbons (Fsp3) is 0.375. The maximum Gasteiger partial charge on any atom is 0.416 e. The Kier molecular flexibility index (Phi) is 5.79. The second-order valence-electron chi connectivity index (χ2n) is 6.18. The van der Waals surface area contributed by atoms with Crippen LogP contribution in [0.3, 0.4) is 0 Å². The van der Waals surface area contributed by atoms with Crippen LogP contribution in [0.1, 0.15) is 18.4 Å². The van der Waals surface area contributed by atoms with Gasteiger partial charge >= 0.3 is 12.2 Å². The summed E-state index contributed by atoms with van der Waals surface area (Å²) in [6, 6.07) is 3.78. The van der Waals surface area contributed by atoms with Crippen molar-refractivity contribution in [2.45, 2.75) is 24.3 Å². The van der Waals surface area contributed by atoms with Crippen molar-refractivity contribution in [2.24, 2.45) is 0 Å². The fourth-order valence-electron chi connectivity index (χ4n) is 2.82. The standard InChI is InChI=1S/C16H17F3N4O3S2/c17-16(18,19)11-2-1-3-12(10-11)21-15(24)23-7-4-13(5-8-23)28(25,26)22-14-20-6-9-27-14/h1-3,6,9-10,13H,4-5,7-8H2,(H,20,22)(H,21,24). The molecule has 2 aromatic rings. The number of rotatable bonds is 4. The molecule has 0 radical (unpaired) electrons. The fourth-order valence-corrected chi connectivity index (χ4v) is 5.03. The number of carbonyl (C=O) groups excluding carboxylic acids is 1. The Labute approximate surface area is 163 Å². The van der Waals surface area contributed by atoms with Crippen LogP contribution >= 0.6 is 11.3 Å². The third-order valence-corrected chi connectivity index (χ3v) is 6.92. The molecule has 1 aromatic carbocycles. The second kappa shape index (κ2) is 7.95. The summed E-state index contributed by atoms with van der Waals surface area (Å²) in [6.45, 7) is 0.350. The Morgan fingerprint density at radius 3 is 2.57 bits per heavy atom. The van der Waals surface area contributed by atoms with Gasteiger partial charge in [-0.3, -0.25) is 4.72 Å². The van der Waals surface area contributed by atoms with Gasteiger partial charge in [-0.05, 0) is 31.0 Å². The number of carbonyl (C=O) groups is 1. The first-order valence-corrected chi connectivity index (χ1v) is 10.7. The number of anilines is 2. The van der Waals surface area contributed by atoms with E-state index in [1.165, 1.54) is 34.6 Å². The van der Waals surface area contributed by atoms with E-state index < -0.39 is 33.0 Å². The minimum absolute atomic E-state index is 0.0278. The quantitative estimate of drug-likeness (QED) is 0.769. The number of piperidine rings is 1. The molecule has 1 aliphatic rings. The SMILES string of the molecule is O=C(Nc1cccc(C(F)(F)F)c1)N1CCC(S(=O)(=O)Nc2nccs2)CC1. The van der Waals surface area contributed by atoms with Crippen molar-refractivity contribution >= 4 is 38.2 Å². The number of urea groups is 1. The number of sulfonamides is 1. The molecule has 2 N–H and O–H groups in total. The van der Waals surface area contributed by atoms with Gasteiger partial charge in [0.1, 0.15) is 0 Å². The van der Waals surface area contributed by atoms with E-state index >= 15 is 0 Å². The molecular weight excluding hydrogens is 417 g/mol. The van der Waals surface area contributed by atoms with Crippen LogP contribution in [0.5, 0.6) is 0 Å². The molecule has 0 atom stereocenters. The highest BCUT2D eigenvalue weighted by atomic mass is 32.2. The molecule has 7 nitrogen and oxygen atoms in total. The molecule has 1 fully saturated rings. The first-order valence-electron chi connectivity index (χ1n) is 8.29. The van der Waals surface area contributed by atoms with Crippen LogP contribution in [0, 0.1) is 0 Å². The van der Waals surface area contributed by atoms with Crippen LogP contribution in [0.4, 0.5) is 28.8 Å². The number of amides is 2. The molecule has 1 aromatic heterocycles. The van der Waals surface area contributed by atoms with Crippen LogP contribution in [-0.4, -0.2) is 42.7 Å². The Hall–Kier alpha value is -2.34. The van der Waals surface area contributed by atoms with E-state index in [-0.39, 0.29) is 36.8 Å². The topological polar surface area (TPSA) is 91.4 Å². The number of likely N-dealkylation sites (tertiary alicyclic amines) is 1. The Balaban J connectivity index is 1.57. The summed E-state index contributed by atoms with van der Waals surface area (Å²) >= 11 is 1.17. The van der Waals surface area contributed by atoms with Crippen LogP contribution in [0.2, 0.25) is 0 Å². The Bertz CT molecular complexity index is 925. The highest BCUT2D eigenvalue weighted by Crippen LogP contribution is 2.31. The van der Waals surface area contributed by atoms with Gasteiger partial charge in [-0.15, -0.1) is 11.3 Å². The van der Waals surface area contributed by atoms with Gasteiger partial charge in [0.25, 0.3) is 0 Å². The van der Waals surface area contributed by atoms with Crippen LogP contribution < -0.4 is 10.0 Å². The van der Waals surface area contributed by atoms with Crippen molar-refractivity contribution in [3.05, 3.63) is 41.4 Å². The summed E-state index contributed by atoms with van der Waals surface area (Å²) in [5.74, 6) is 0. The zero-order valence-corrected chi connectivity index (χ0v) is 16.1. The summed E-state index contributed by atoms with van der Waals surface area (Å²) in [5, 5.41) is 3.69. The Morgan fingerprint density at radius 2 is 1.96 bits per heavy atom. The summed E-state index contributed by atoms with van der Waals surface area (Å²) < 4.78 is 65.5. The maximum absolute atomic E-state index is 12.8. The van der Waals surface area contributed by atoms with Crippen molar-refractivity contribution in [3.63, 3.8) is 0 Å². The zero-order valence-electron chi connectivity index (χ0n) is 14.4. The van der Waals surface area contributed by atoms with E-state index in [1.54, 1.807) is 5.38 Å². The molecule has 1 aliphatic heterocycles. The molecule has 0 aliphatic carbocycles. The van der Waals surface area contributed by atoms with Crippen molar-refractivity contribution in [1.29, 1.82) is 0 Å². The average molecular weight is 434 g/mol. The predicted molar refractivity (Wildman–Crippen MR) is 99.7 cm³/mol. The van der Waals surface area contributed by atoms with Crippen molar-refractivity contribution in [3.8, 4) is 0 Å². The first-order chi connectivity index (χ1) is 13.1. The molecule has 12 heteroatoms. The molecule has 2 heterocycles. The van der Waals surface area contributed by atoms with Gasteiger partial charge in [0.05, 0.1) is 10.8 Å². The number of aromatic nitrogens is 1. The normalized spacial score (nSPS) is 16.0. The smallest absolute Gasteiger partial charge is 0.324 e. The third kappa shape index (κ3) is 4.93. The largest absolute Gasteiger partial charge is 0.416 e. The lowest BCUT2D eigenvalue weighted by Crippen LogP contribution is -2.45. The number of benzene rings is 1. The lowest BCUT2D eigenvalue weighted by Gasteiger charge is -2.31. The molecule has 0 saturated carbocycles. The van der Waals surface area contributed by atoms with E-state index in [0.29, 0.717) is 0 Å². The molecule has 1 saturated heterocycles. The molecular formula is C16H17F3N4O3S2. The molecule has 152 valence electrons. The number of halogens is 3. The van der Waals surface area contributed by atoms with E-state index in [2.05, 4.69) is 15.0 Å². The molecule has 0 unspecified atom stereocenters. The Morgan fingerprint density at radius 1 is 1.25 bits per heavy atom. The predicted octanol–water partition coefficient (Wildman–Crippen LogP) is 3.60. The van der Waals surface area contributed by atoms with Gasteiger partial charge in [-0.2, -0.15) is 13.2 Å². The molecule has 0 bridgehead atoms. The number of nitrogens with one attached hydrogen (secondary N) is 2. The molecule has 2 amide bonds. The summed E-state index contributed by atoms with van der Waals surface area (Å²) in [5.41, 5.74) is -0.830. The van der Waals surface area contributed by atoms with Gasteiger partial charge in [0, 0.05) is 30.4 Å². The van der Waals surface area contributed by atoms with Crippen LogP contribution in [-0.2, 0) is 16.2 Å². The number of hydrogen-bond acceptors (Lipinski definition) is 5. The highest BCUT2D eigenvalue weighted by molar-refractivity contribution is 7.93. The first kappa shape index (κ1) is 20.4. The van der Waals surface area contributed by atoms with E-state index in [1.807, 2.05) is 0 Å². The van der Waals surface area contributed by atoms with Gasteiger partial charge in [0.15, 0.2) is 5.13 Å². The maximum atomic E-state index is 12.8. The minimum Gasteiger partial charge on any atom is -0.324 e. The van der Waals surface area contributed by atoms with Crippen molar-refractivity contribution < 1.29 is 26.4 Å². The second-order valence-corrected chi connectivity index (χ2v) is 9.03. The summed E-state index contributed by atoms with van der Waals surface area (Å²) in [7, 11) is -3.62. The van der Waals surface area contributed by atoms with E-state index in [4.69, 9.17) is 0 Å². The van der Waals surface area contributed by atoms with Crippen molar-refractivity contribution in [1.82, 2.24) is 9.88 Å². The van der Waals surface area contributed by atoms with Crippen LogP contribution in [0.15, 0.2) is 35.8 Å². The highest BCUT2D eigenvalue weighted by Gasteiger charge is 2.33. The number of thiazole rings is 1. The number of hydrogen-bond donors (Lipinski definition) is 2. The minimum atomic E-state index is -4.50. The van der Waals surface area contributed by atoms with Gasteiger partial charge in [-0.1, -0.05) is 6.07 Å². The lowest BCUT2D eigenvalue weighted by atomic mass is 10.1. The third-order valence-electron chi connectivity index (χ3n) is 4.27. The van der Waals surface area contributed by atoms with Crippen molar-refractivity contribution in [2.75, 3.05) is 23.1 Å². The number of nitrogens with zero attached hydrogens (tertiary/aromatic N) is 2. The molecule has 28 heavy (non-hydrogen) atoms. The van der Waals surface area contributed by atoms with Gasteiger partial charge in [-0.25, -0.2) is 18.2 Å². The van der Waals surface area contributed by atoms with Crippen LogP contribution in [0.25, 0.3) is 0 Å². The van der Waals surface area contributed by atoms with Gasteiger partial charge < -0.3 is 10.2 Å². The summed E-state index contributed by atoms with van der Waals surface area (Å²) in [6.07, 6.45) is -2.57. The monoisotopic (exact) mass is 434 g/mol. The lowest BCUT2D eigenvalue weighted by molar-refractivity contribution is -0.137. The van der Waals surface area contributed by atoms with E-state index in [0.717, 1.165) is 12.1 Å². The number of alkyl halides is 3. The summed E-state index contributed by atoms with van der Waals surface area (Å²) in [4.78, 5) is 17.6. The average Bonchev–Trinajstić information content (AvgIpc) is 3.13. The zero-order chi connectivity index (χ0) is 20.4. The molecule has 0 spiro atoms. The molecule has 3 rings (SSSR count).